The van der Waals surface area contributed by atoms with Gasteiger partial charge in [-0.15, -0.1) is 0 Å². The summed E-state index contributed by atoms with van der Waals surface area (Å²) in [7, 11) is 0. The molecule has 0 atom stereocenters. The van der Waals surface area contributed by atoms with Crippen LogP contribution in [0.25, 0.3) is 11.3 Å². The highest BCUT2D eigenvalue weighted by molar-refractivity contribution is 5.76. The molecule has 2 heterocycles. The third-order valence-electron chi connectivity index (χ3n) is 3.98. The maximum Gasteiger partial charge on any atom is 0.223 e. The Morgan fingerprint density at radius 1 is 1.27 bits per heavy atom. The molecule has 116 valence electrons. The van der Waals surface area contributed by atoms with Gasteiger partial charge in [-0.3, -0.25) is 4.79 Å². The average Bonchev–Trinajstić information content (AvgIpc) is 3.03. The van der Waals surface area contributed by atoms with Gasteiger partial charge in [-0.25, -0.2) is 4.98 Å². The number of aliphatic hydroxyl groups is 1. The van der Waals surface area contributed by atoms with E-state index in [1.807, 2.05) is 35.2 Å². The van der Waals surface area contributed by atoms with E-state index in [0.29, 0.717) is 44.7 Å². The zero-order chi connectivity index (χ0) is 15.4. The summed E-state index contributed by atoms with van der Waals surface area (Å²) in [5.74, 6) is 1.42. The molecule has 5 heteroatoms. The fraction of sp³-hybridized carbons (Fsp3) is 0.412. The van der Waals surface area contributed by atoms with Gasteiger partial charge in [-0.05, 0) is 12.8 Å². The van der Waals surface area contributed by atoms with Crippen molar-refractivity contribution in [2.24, 2.45) is 0 Å². The van der Waals surface area contributed by atoms with Gasteiger partial charge in [0.15, 0.2) is 11.7 Å². The molecule has 0 saturated carbocycles. The van der Waals surface area contributed by atoms with Crippen LogP contribution >= 0.6 is 0 Å². The number of hydrogen-bond acceptors (Lipinski definition) is 4. The van der Waals surface area contributed by atoms with Crippen LogP contribution in [0.4, 0.5) is 0 Å². The molecule has 1 N–H and O–H groups in total. The first-order valence-electron chi connectivity index (χ1n) is 7.68. The lowest BCUT2D eigenvalue weighted by molar-refractivity contribution is -0.133. The summed E-state index contributed by atoms with van der Waals surface area (Å²) in [6, 6.07) is 9.79. The smallest absolute Gasteiger partial charge is 0.223 e. The molecule has 1 aliphatic rings. The molecule has 0 bridgehead atoms. The Bertz CT molecular complexity index is 616. The van der Waals surface area contributed by atoms with Crippen LogP contribution in [0.1, 0.15) is 25.2 Å². The maximum absolute atomic E-state index is 12.1. The van der Waals surface area contributed by atoms with Gasteiger partial charge in [0.05, 0.1) is 12.3 Å². The van der Waals surface area contributed by atoms with Gasteiger partial charge < -0.3 is 14.4 Å². The summed E-state index contributed by atoms with van der Waals surface area (Å²) in [4.78, 5) is 18.2. The van der Waals surface area contributed by atoms with Crippen molar-refractivity contribution in [2.75, 3.05) is 13.1 Å². The molecule has 1 amide bonds. The Morgan fingerprint density at radius 2 is 2.00 bits per heavy atom. The van der Waals surface area contributed by atoms with Crippen LogP contribution in [0, 0.1) is 0 Å². The summed E-state index contributed by atoms with van der Waals surface area (Å²) < 4.78 is 5.70. The lowest BCUT2D eigenvalue weighted by Gasteiger charge is -2.29. The molecule has 0 spiro atoms. The van der Waals surface area contributed by atoms with E-state index in [4.69, 9.17) is 4.42 Å². The number of amides is 1. The SMILES string of the molecule is O=C(CCc1ncc(-c2ccccc2)o1)N1CCC(O)CC1. The number of piperidine rings is 1. The predicted octanol–water partition coefficient (Wildman–Crippen LogP) is 2.26. The van der Waals surface area contributed by atoms with Gasteiger partial charge >= 0.3 is 0 Å². The van der Waals surface area contributed by atoms with Crippen LogP contribution < -0.4 is 0 Å². The second-order valence-electron chi connectivity index (χ2n) is 5.60. The van der Waals surface area contributed by atoms with Crippen LogP contribution in [0.2, 0.25) is 0 Å². The number of oxazole rings is 1. The van der Waals surface area contributed by atoms with Crippen LogP contribution in [-0.2, 0) is 11.2 Å². The summed E-state index contributed by atoms with van der Waals surface area (Å²) >= 11 is 0. The topological polar surface area (TPSA) is 66.6 Å². The predicted molar refractivity (Wildman–Crippen MR) is 82.1 cm³/mol. The van der Waals surface area contributed by atoms with Crippen molar-refractivity contribution in [3.8, 4) is 11.3 Å². The minimum absolute atomic E-state index is 0.103. The first kappa shape index (κ1) is 14.8. The fourth-order valence-corrected chi connectivity index (χ4v) is 2.65. The highest BCUT2D eigenvalue weighted by atomic mass is 16.4. The monoisotopic (exact) mass is 300 g/mol. The Labute approximate surface area is 129 Å². The number of carbonyl (C=O) groups excluding carboxylic acids is 1. The van der Waals surface area contributed by atoms with Gasteiger partial charge in [0.1, 0.15) is 0 Å². The lowest BCUT2D eigenvalue weighted by atomic mass is 10.1. The summed E-state index contributed by atoms with van der Waals surface area (Å²) in [5, 5.41) is 9.46. The normalized spacial score (nSPS) is 16.0. The highest BCUT2D eigenvalue weighted by Crippen LogP contribution is 2.20. The summed E-state index contributed by atoms with van der Waals surface area (Å²) in [6.45, 7) is 1.28. The van der Waals surface area contributed by atoms with E-state index in [0.717, 1.165) is 11.3 Å². The zero-order valence-electron chi connectivity index (χ0n) is 12.4. The van der Waals surface area contributed by atoms with Gasteiger partial charge in [0.25, 0.3) is 0 Å². The molecule has 0 radical (unpaired) electrons. The second kappa shape index (κ2) is 6.75. The Morgan fingerprint density at radius 3 is 2.73 bits per heavy atom. The van der Waals surface area contributed by atoms with E-state index < -0.39 is 0 Å². The molecule has 1 saturated heterocycles. The van der Waals surface area contributed by atoms with Crippen molar-refractivity contribution >= 4 is 5.91 Å². The number of benzene rings is 1. The number of rotatable bonds is 4. The van der Waals surface area contributed by atoms with Crippen molar-refractivity contribution in [3.63, 3.8) is 0 Å². The first-order chi connectivity index (χ1) is 10.7. The van der Waals surface area contributed by atoms with Crippen LogP contribution in [-0.4, -0.2) is 40.1 Å². The minimum Gasteiger partial charge on any atom is -0.441 e. The van der Waals surface area contributed by atoms with E-state index >= 15 is 0 Å². The maximum atomic E-state index is 12.1. The molecule has 1 aliphatic heterocycles. The molecule has 2 aromatic rings. The number of likely N-dealkylation sites (tertiary alicyclic amines) is 1. The Kier molecular flexibility index (Phi) is 4.53. The van der Waals surface area contributed by atoms with Gasteiger partial charge in [-0.2, -0.15) is 0 Å². The van der Waals surface area contributed by atoms with Gasteiger partial charge in [0, 0.05) is 31.5 Å². The van der Waals surface area contributed by atoms with Gasteiger partial charge in [-0.1, -0.05) is 30.3 Å². The lowest BCUT2D eigenvalue weighted by Crippen LogP contribution is -2.40. The molecule has 1 aromatic carbocycles. The Balaban J connectivity index is 1.54. The number of aromatic nitrogens is 1. The van der Waals surface area contributed by atoms with Crippen molar-refractivity contribution in [1.82, 2.24) is 9.88 Å². The number of carbonyl (C=O) groups is 1. The number of nitrogens with zero attached hydrogens (tertiary/aromatic N) is 2. The van der Waals surface area contributed by atoms with Crippen LogP contribution in [0.15, 0.2) is 40.9 Å². The minimum atomic E-state index is -0.260. The molecule has 5 nitrogen and oxygen atoms in total. The van der Waals surface area contributed by atoms with Crippen molar-refractivity contribution in [3.05, 3.63) is 42.4 Å². The largest absolute Gasteiger partial charge is 0.441 e. The third-order valence-corrected chi connectivity index (χ3v) is 3.98. The van der Waals surface area contributed by atoms with E-state index in [1.54, 1.807) is 6.20 Å². The van der Waals surface area contributed by atoms with Crippen molar-refractivity contribution in [1.29, 1.82) is 0 Å². The third kappa shape index (κ3) is 3.54. The fourth-order valence-electron chi connectivity index (χ4n) is 2.65. The number of aliphatic hydroxyl groups excluding tert-OH is 1. The molecule has 22 heavy (non-hydrogen) atoms. The average molecular weight is 300 g/mol. The zero-order valence-corrected chi connectivity index (χ0v) is 12.4. The van der Waals surface area contributed by atoms with E-state index in [-0.39, 0.29) is 12.0 Å². The standard InChI is InChI=1S/C17H20N2O3/c20-14-8-10-19(11-9-14)17(21)7-6-16-18-12-15(22-16)13-4-2-1-3-5-13/h1-5,12,14,20H,6-11H2. The molecule has 1 fully saturated rings. The quantitative estimate of drug-likeness (QED) is 0.940. The van der Waals surface area contributed by atoms with E-state index in [2.05, 4.69) is 4.98 Å². The molecular weight excluding hydrogens is 280 g/mol. The molecule has 3 rings (SSSR count). The first-order valence-corrected chi connectivity index (χ1v) is 7.68. The number of aryl methyl sites for hydroxylation is 1. The molecule has 0 unspecified atom stereocenters. The van der Waals surface area contributed by atoms with Crippen LogP contribution in [0.3, 0.4) is 0 Å². The summed E-state index contributed by atoms with van der Waals surface area (Å²) in [6.07, 6.45) is 3.68. The second-order valence-corrected chi connectivity index (χ2v) is 5.60. The summed E-state index contributed by atoms with van der Waals surface area (Å²) in [5.41, 5.74) is 0.984. The Hall–Kier alpha value is -2.14. The van der Waals surface area contributed by atoms with Crippen LogP contribution in [0.5, 0.6) is 0 Å². The molecule has 1 aromatic heterocycles. The number of hydrogen-bond donors (Lipinski definition) is 1. The van der Waals surface area contributed by atoms with E-state index in [1.165, 1.54) is 0 Å². The van der Waals surface area contributed by atoms with Gasteiger partial charge in [0.2, 0.25) is 5.91 Å². The molecular formula is C17H20N2O3. The van der Waals surface area contributed by atoms with Crippen molar-refractivity contribution in [2.45, 2.75) is 31.8 Å². The van der Waals surface area contributed by atoms with Crippen molar-refractivity contribution < 1.29 is 14.3 Å². The molecule has 0 aliphatic carbocycles. The highest BCUT2D eigenvalue weighted by Gasteiger charge is 2.21. The van der Waals surface area contributed by atoms with E-state index in [9.17, 15) is 9.90 Å².